The molecule has 17 heavy (non-hydrogen) atoms. The molecule has 94 valence electrons. The number of thiophene rings is 1. The minimum atomic E-state index is -0.841. The van der Waals surface area contributed by atoms with Gasteiger partial charge in [-0.15, -0.1) is 11.3 Å². The maximum atomic E-state index is 10.7. The standard InChI is InChI=1S/C12H18N2O2S/c1-14-4-2-10(3-5-14)13-7-11-6-9(8-17-11)12(15)16/h6,8,10,13H,2-5,7H2,1H3,(H,15,16). The second-order valence-electron chi connectivity index (χ2n) is 4.57. The Morgan fingerprint density at radius 3 is 2.88 bits per heavy atom. The Hall–Kier alpha value is -0.910. The van der Waals surface area contributed by atoms with Crippen molar-refractivity contribution in [3.63, 3.8) is 0 Å². The first-order chi connectivity index (χ1) is 8.15. The number of likely N-dealkylation sites (tertiary alicyclic amines) is 1. The summed E-state index contributed by atoms with van der Waals surface area (Å²) in [6.07, 6.45) is 2.35. The highest BCUT2D eigenvalue weighted by Crippen LogP contribution is 2.16. The fourth-order valence-corrected chi connectivity index (χ4v) is 2.85. The van der Waals surface area contributed by atoms with Gasteiger partial charge in [-0.05, 0) is 39.0 Å². The fraction of sp³-hybridized carbons (Fsp3) is 0.583. The highest BCUT2D eigenvalue weighted by Gasteiger charge is 2.16. The van der Waals surface area contributed by atoms with Crippen LogP contribution in [0.25, 0.3) is 0 Å². The molecule has 1 aliphatic heterocycles. The van der Waals surface area contributed by atoms with Crippen LogP contribution in [0, 0.1) is 0 Å². The second kappa shape index (κ2) is 5.62. The van der Waals surface area contributed by atoms with Crippen molar-refractivity contribution in [1.82, 2.24) is 10.2 Å². The molecule has 1 aliphatic rings. The average Bonchev–Trinajstić information content (AvgIpc) is 2.77. The van der Waals surface area contributed by atoms with E-state index < -0.39 is 5.97 Å². The third-order valence-electron chi connectivity index (χ3n) is 3.18. The zero-order chi connectivity index (χ0) is 12.3. The Bertz CT molecular complexity index is 384. The van der Waals surface area contributed by atoms with Crippen molar-refractivity contribution in [3.8, 4) is 0 Å². The summed E-state index contributed by atoms with van der Waals surface area (Å²) in [7, 11) is 2.15. The van der Waals surface area contributed by atoms with Crippen LogP contribution in [0.3, 0.4) is 0 Å². The SMILES string of the molecule is CN1CCC(NCc2cc(C(=O)O)cs2)CC1. The van der Waals surface area contributed by atoms with Crippen molar-refractivity contribution in [3.05, 3.63) is 21.9 Å². The predicted octanol–water partition coefficient (Wildman–Crippen LogP) is 1.63. The number of carbonyl (C=O) groups is 1. The van der Waals surface area contributed by atoms with Gasteiger partial charge in [-0.2, -0.15) is 0 Å². The molecule has 0 radical (unpaired) electrons. The summed E-state index contributed by atoms with van der Waals surface area (Å²) in [5.74, 6) is -0.841. The lowest BCUT2D eigenvalue weighted by Gasteiger charge is -2.29. The molecule has 0 spiro atoms. The molecule has 0 atom stereocenters. The van der Waals surface area contributed by atoms with Crippen LogP contribution < -0.4 is 5.32 Å². The number of rotatable bonds is 4. The van der Waals surface area contributed by atoms with E-state index in [1.807, 2.05) is 0 Å². The summed E-state index contributed by atoms with van der Waals surface area (Å²) in [6.45, 7) is 3.07. The summed E-state index contributed by atoms with van der Waals surface area (Å²) in [5.41, 5.74) is 0.398. The van der Waals surface area contributed by atoms with Gasteiger partial charge in [-0.25, -0.2) is 4.79 Å². The Kier molecular flexibility index (Phi) is 4.15. The number of nitrogens with zero attached hydrogens (tertiary/aromatic N) is 1. The Balaban J connectivity index is 1.79. The molecule has 1 fully saturated rings. The molecule has 0 aliphatic carbocycles. The van der Waals surface area contributed by atoms with Crippen molar-refractivity contribution in [2.24, 2.45) is 0 Å². The molecular weight excluding hydrogens is 236 g/mol. The lowest BCUT2D eigenvalue weighted by atomic mass is 10.1. The maximum Gasteiger partial charge on any atom is 0.336 e. The largest absolute Gasteiger partial charge is 0.478 e. The van der Waals surface area contributed by atoms with Gasteiger partial charge in [0.05, 0.1) is 5.56 Å². The number of carboxylic acids is 1. The van der Waals surface area contributed by atoms with E-state index in [0.29, 0.717) is 11.6 Å². The first-order valence-electron chi connectivity index (χ1n) is 5.88. The highest BCUT2D eigenvalue weighted by molar-refractivity contribution is 7.10. The molecule has 1 aromatic rings. The van der Waals surface area contributed by atoms with Crippen molar-refractivity contribution in [2.75, 3.05) is 20.1 Å². The molecule has 0 amide bonds. The van der Waals surface area contributed by atoms with Crippen LogP contribution in [-0.2, 0) is 6.54 Å². The summed E-state index contributed by atoms with van der Waals surface area (Å²) in [5, 5.41) is 14.0. The first-order valence-corrected chi connectivity index (χ1v) is 6.76. The Labute approximate surface area is 105 Å². The van der Waals surface area contributed by atoms with Crippen molar-refractivity contribution >= 4 is 17.3 Å². The number of carboxylic acid groups (broad SMARTS) is 1. The van der Waals surface area contributed by atoms with Crippen LogP contribution in [0.5, 0.6) is 0 Å². The molecule has 0 aromatic carbocycles. The van der Waals surface area contributed by atoms with E-state index in [0.717, 1.165) is 24.5 Å². The zero-order valence-corrected chi connectivity index (χ0v) is 10.8. The van der Waals surface area contributed by atoms with Gasteiger partial charge in [0.25, 0.3) is 0 Å². The third kappa shape index (κ3) is 3.52. The van der Waals surface area contributed by atoms with E-state index in [4.69, 9.17) is 5.11 Å². The number of aromatic carboxylic acids is 1. The van der Waals surface area contributed by atoms with Crippen LogP contribution >= 0.6 is 11.3 Å². The topological polar surface area (TPSA) is 52.6 Å². The molecule has 2 heterocycles. The predicted molar refractivity (Wildman–Crippen MR) is 68.6 cm³/mol. The van der Waals surface area contributed by atoms with Crippen LogP contribution in [0.15, 0.2) is 11.4 Å². The lowest BCUT2D eigenvalue weighted by Crippen LogP contribution is -2.40. The maximum absolute atomic E-state index is 10.7. The molecule has 0 unspecified atom stereocenters. The third-order valence-corrected chi connectivity index (χ3v) is 4.12. The molecule has 5 heteroatoms. The van der Waals surface area contributed by atoms with Crippen molar-refractivity contribution in [1.29, 1.82) is 0 Å². The smallest absolute Gasteiger partial charge is 0.336 e. The van der Waals surface area contributed by atoms with Gasteiger partial charge < -0.3 is 15.3 Å². The molecule has 1 aromatic heterocycles. The highest BCUT2D eigenvalue weighted by atomic mass is 32.1. The second-order valence-corrected chi connectivity index (χ2v) is 5.56. The first kappa shape index (κ1) is 12.5. The van der Waals surface area contributed by atoms with Crippen LogP contribution in [-0.4, -0.2) is 42.2 Å². The number of nitrogens with one attached hydrogen (secondary N) is 1. The van der Waals surface area contributed by atoms with Gasteiger partial charge in [0.1, 0.15) is 0 Å². The molecule has 0 saturated carbocycles. The van der Waals surface area contributed by atoms with Gasteiger partial charge in [-0.3, -0.25) is 0 Å². The minimum Gasteiger partial charge on any atom is -0.478 e. The Morgan fingerprint density at radius 1 is 1.59 bits per heavy atom. The molecule has 2 N–H and O–H groups in total. The van der Waals surface area contributed by atoms with Gasteiger partial charge in [-0.1, -0.05) is 0 Å². The Morgan fingerprint density at radius 2 is 2.29 bits per heavy atom. The van der Waals surface area contributed by atoms with Gasteiger partial charge in [0.15, 0.2) is 0 Å². The summed E-state index contributed by atoms with van der Waals surface area (Å²) < 4.78 is 0. The van der Waals surface area contributed by atoms with Crippen LogP contribution in [0.1, 0.15) is 28.1 Å². The molecule has 2 rings (SSSR count). The number of hydrogen-bond acceptors (Lipinski definition) is 4. The molecular formula is C12H18N2O2S. The van der Waals surface area contributed by atoms with Gasteiger partial charge in [0, 0.05) is 22.8 Å². The molecule has 4 nitrogen and oxygen atoms in total. The number of hydrogen-bond donors (Lipinski definition) is 2. The number of piperidine rings is 1. The van der Waals surface area contributed by atoms with Gasteiger partial charge >= 0.3 is 5.97 Å². The van der Waals surface area contributed by atoms with Crippen LogP contribution in [0.4, 0.5) is 0 Å². The average molecular weight is 254 g/mol. The minimum absolute atomic E-state index is 0.398. The van der Waals surface area contributed by atoms with E-state index in [9.17, 15) is 4.79 Å². The van der Waals surface area contributed by atoms with E-state index in [-0.39, 0.29) is 0 Å². The van der Waals surface area contributed by atoms with E-state index >= 15 is 0 Å². The monoisotopic (exact) mass is 254 g/mol. The van der Waals surface area contributed by atoms with Crippen LogP contribution in [0.2, 0.25) is 0 Å². The quantitative estimate of drug-likeness (QED) is 0.857. The summed E-state index contributed by atoms with van der Waals surface area (Å²) in [4.78, 5) is 14.2. The summed E-state index contributed by atoms with van der Waals surface area (Å²) in [6, 6.07) is 2.33. The zero-order valence-electron chi connectivity index (χ0n) is 9.98. The summed E-state index contributed by atoms with van der Waals surface area (Å²) >= 11 is 1.51. The van der Waals surface area contributed by atoms with E-state index in [1.54, 1.807) is 11.4 Å². The molecule has 1 saturated heterocycles. The molecule has 0 bridgehead atoms. The van der Waals surface area contributed by atoms with Crippen molar-refractivity contribution in [2.45, 2.75) is 25.4 Å². The normalized spacial score (nSPS) is 18.4. The lowest BCUT2D eigenvalue weighted by molar-refractivity contribution is 0.0697. The van der Waals surface area contributed by atoms with E-state index in [2.05, 4.69) is 17.3 Å². The fourth-order valence-electron chi connectivity index (χ4n) is 2.04. The van der Waals surface area contributed by atoms with Crippen molar-refractivity contribution < 1.29 is 9.90 Å². The van der Waals surface area contributed by atoms with E-state index in [1.165, 1.54) is 24.2 Å². The van der Waals surface area contributed by atoms with Gasteiger partial charge in [0.2, 0.25) is 0 Å².